The molecule has 0 amide bonds. The fourth-order valence-corrected chi connectivity index (χ4v) is 3.04. The van der Waals surface area contributed by atoms with Crippen LogP contribution < -0.4 is 5.32 Å². The molecule has 0 spiro atoms. The van der Waals surface area contributed by atoms with Crippen LogP contribution in [0.1, 0.15) is 16.2 Å². The third-order valence-corrected chi connectivity index (χ3v) is 3.93. The molecule has 0 aliphatic carbocycles. The van der Waals surface area contributed by atoms with Crippen LogP contribution in [0.25, 0.3) is 0 Å². The zero-order valence-electron chi connectivity index (χ0n) is 8.80. The van der Waals surface area contributed by atoms with Crippen molar-refractivity contribution in [3.05, 3.63) is 21.9 Å². The van der Waals surface area contributed by atoms with Crippen LogP contribution in [-0.2, 0) is 11.2 Å². The summed E-state index contributed by atoms with van der Waals surface area (Å²) < 4.78 is 5.66. The number of aryl methyl sites for hydroxylation is 1. The molecule has 0 radical (unpaired) electrons. The van der Waals surface area contributed by atoms with Gasteiger partial charge in [-0.15, -0.1) is 11.3 Å². The van der Waals surface area contributed by atoms with Crippen molar-refractivity contribution in [2.75, 3.05) is 20.2 Å². The van der Waals surface area contributed by atoms with Crippen molar-refractivity contribution < 1.29 is 4.74 Å². The monoisotopic (exact) mass is 211 g/mol. The van der Waals surface area contributed by atoms with Gasteiger partial charge in [0.25, 0.3) is 0 Å². The van der Waals surface area contributed by atoms with Crippen LogP contribution in [0, 0.1) is 6.92 Å². The molecule has 1 aliphatic heterocycles. The molecule has 1 aromatic rings. The fraction of sp³-hybridized carbons (Fsp3) is 0.636. The van der Waals surface area contributed by atoms with E-state index >= 15 is 0 Å². The van der Waals surface area contributed by atoms with Gasteiger partial charge in [0.1, 0.15) is 0 Å². The Bertz CT molecular complexity index is 302. The summed E-state index contributed by atoms with van der Waals surface area (Å²) in [4.78, 5) is 2.82. The molecule has 3 heteroatoms. The lowest BCUT2D eigenvalue weighted by atomic mass is 9.98. The number of methoxy groups -OCH3 is 1. The van der Waals surface area contributed by atoms with Crippen molar-refractivity contribution in [3.8, 4) is 0 Å². The average Bonchev–Trinajstić information content (AvgIpc) is 2.77. The van der Waals surface area contributed by atoms with E-state index in [9.17, 15) is 0 Å². The summed E-state index contributed by atoms with van der Waals surface area (Å²) in [6.45, 7) is 4.22. The topological polar surface area (TPSA) is 21.3 Å². The molecule has 1 aromatic heterocycles. The van der Waals surface area contributed by atoms with Crippen LogP contribution >= 0.6 is 11.3 Å². The standard InChI is InChI=1S/C11H17NOS/c1-9-3-4-10(14-9)7-11(13-2)5-6-12-8-11/h3-4,12H,5-8H2,1-2H3. The van der Waals surface area contributed by atoms with Gasteiger partial charge in [-0.2, -0.15) is 0 Å². The first kappa shape index (κ1) is 10.1. The Morgan fingerprint density at radius 3 is 2.93 bits per heavy atom. The predicted octanol–water partition coefficient (Wildman–Crippen LogP) is 1.98. The zero-order chi connectivity index (χ0) is 10.0. The highest BCUT2D eigenvalue weighted by atomic mass is 32.1. The van der Waals surface area contributed by atoms with Crippen LogP contribution in [0.4, 0.5) is 0 Å². The Morgan fingerprint density at radius 1 is 1.57 bits per heavy atom. The first-order valence-electron chi connectivity index (χ1n) is 5.05. The van der Waals surface area contributed by atoms with Gasteiger partial charge in [0, 0.05) is 29.8 Å². The number of hydrogen-bond donors (Lipinski definition) is 1. The van der Waals surface area contributed by atoms with Gasteiger partial charge < -0.3 is 10.1 Å². The molecule has 0 aromatic carbocycles. The lowest BCUT2D eigenvalue weighted by molar-refractivity contribution is 0.00840. The van der Waals surface area contributed by atoms with Crippen molar-refractivity contribution in [1.29, 1.82) is 0 Å². The Hall–Kier alpha value is -0.380. The smallest absolute Gasteiger partial charge is 0.0862 e. The van der Waals surface area contributed by atoms with Crippen LogP contribution in [0.3, 0.4) is 0 Å². The SMILES string of the molecule is COC1(Cc2ccc(C)s2)CCNC1. The summed E-state index contributed by atoms with van der Waals surface area (Å²) in [7, 11) is 1.83. The highest BCUT2D eigenvalue weighted by molar-refractivity contribution is 7.11. The number of rotatable bonds is 3. The number of ether oxygens (including phenoxy) is 1. The van der Waals surface area contributed by atoms with Gasteiger partial charge in [0.2, 0.25) is 0 Å². The first-order chi connectivity index (χ1) is 6.74. The summed E-state index contributed by atoms with van der Waals surface area (Å²) in [5.74, 6) is 0. The van der Waals surface area contributed by atoms with Crippen LogP contribution in [0.5, 0.6) is 0 Å². The van der Waals surface area contributed by atoms with E-state index in [1.54, 1.807) is 0 Å². The van der Waals surface area contributed by atoms with Gasteiger partial charge in [0.05, 0.1) is 5.60 Å². The molecule has 2 heterocycles. The molecule has 1 unspecified atom stereocenters. The Balaban J connectivity index is 2.08. The summed E-state index contributed by atoms with van der Waals surface area (Å²) in [5, 5.41) is 3.37. The van der Waals surface area contributed by atoms with Gasteiger partial charge in [-0.3, -0.25) is 0 Å². The van der Waals surface area contributed by atoms with Crippen LogP contribution in [0.2, 0.25) is 0 Å². The molecular weight excluding hydrogens is 194 g/mol. The minimum atomic E-state index is 0.0529. The summed E-state index contributed by atoms with van der Waals surface area (Å²) >= 11 is 1.88. The molecule has 1 atom stereocenters. The third kappa shape index (κ3) is 2.00. The minimum absolute atomic E-state index is 0.0529. The van der Waals surface area contributed by atoms with Crippen molar-refractivity contribution in [2.45, 2.75) is 25.4 Å². The molecule has 0 bridgehead atoms. The average molecular weight is 211 g/mol. The largest absolute Gasteiger partial charge is 0.376 e. The van der Waals surface area contributed by atoms with E-state index in [2.05, 4.69) is 24.4 Å². The summed E-state index contributed by atoms with van der Waals surface area (Å²) in [5.41, 5.74) is 0.0529. The second-order valence-corrected chi connectivity index (χ2v) is 5.38. The maximum Gasteiger partial charge on any atom is 0.0862 e. The Morgan fingerprint density at radius 2 is 2.43 bits per heavy atom. The van der Waals surface area contributed by atoms with E-state index in [1.165, 1.54) is 9.75 Å². The highest BCUT2D eigenvalue weighted by Crippen LogP contribution is 2.27. The van der Waals surface area contributed by atoms with E-state index in [1.807, 2.05) is 18.4 Å². The van der Waals surface area contributed by atoms with Crippen molar-refractivity contribution in [2.24, 2.45) is 0 Å². The second kappa shape index (κ2) is 4.01. The zero-order valence-corrected chi connectivity index (χ0v) is 9.62. The second-order valence-electron chi connectivity index (χ2n) is 4.00. The molecule has 2 rings (SSSR count). The van der Waals surface area contributed by atoms with E-state index in [-0.39, 0.29) is 5.60 Å². The van der Waals surface area contributed by atoms with Crippen molar-refractivity contribution in [3.63, 3.8) is 0 Å². The maximum atomic E-state index is 5.66. The van der Waals surface area contributed by atoms with Gasteiger partial charge in [-0.1, -0.05) is 0 Å². The summed E-state index contributed by atoms with van der Waals surface area (Å²) in [6, 6.07) is 4.41. The molecule has 1 N–H and O–H groups in total. The lowest BCUT2D eigenvalue weighted by Gasteiger charge is -2.25. The van der Waals surface area contributed by atoms with Gasteiger partial charge in [-0.05, 0) is 32.0 Å². The predicted molar refractivity (Wildman–Crippen MR) is 60.0 cm³/mol. The van der Waals surface area contributed by atoms with Gasteiger partial charge in [-0.25, -0.2) is 0 Å². The van der Waals surface area contributed by atoms with E-state index in [0.29, 0.717) is 0 Å². The third-order valence-electron chi connectivity index (χ3n) is 2.93. The molecule has 1 saturated heterocycles. The van der Waals surface area contributed by atoms with Crippen LogP contribution in [-0.4, -0.2) is 25.8 Å². The molecule has 0 saturated carbocycles. The molecule has 1 aliphatic rings. The van der Waals surface area contributed by atoms with E-state index in [4.69, 9.17) is 4.74 Å². The van der Waals surface area contributed by atoms with Gasteiger partial charge >= 0.3 is 0 Å². The Labute approximate surface area is 89.3 Å². The molecule has 1 fully saturated rings. The quantitative estimate of drug-likeness (QED) is 0.825. The first-order valence-corrected chi connectivity index (χ1v) is 5.87. The minimum Gasteiger partial charge on any atom is -0.376 e. The normalized spacial score (nSPS) is 27.0. The number of hydrogen-bond acceptors (Lipinski definition) is 3. The van der Waals surface area contributed by atoms with E-state index in [0.717, 1.165) is 25.9 Å². The Kier molecular flexibility index (Phi) is 2.91. The lowest BCUT2D eigenvalue weighted by Crippen LogP contribution is -2.36. The van der Waals surface area contributed by atoms with Gasteiger partial charge in [0.15, 0.2) is 0 Å². The van der Waals surface area contributed by atoms with E-state index < -0.39 is 0 Å². The molecule has 78 valence electrons. The molecule has 14 heavy (non-hydrogen) atoms. The highest BCUT2D eigenvalue weighted by Gasteiger charge is 2.34. The number of thiophene rings is 1. The summed E-state index contributed by atoms with van der Waals surface area (Å²) in [6.07, 6.45) is 2.18. The molecule has 2 nitrogen and oxygen atoms in total. The van der Waals surface area contributed by atoms with Crippen molar-refractivity contribution in [1.82, 2.24) is 5.32 Å². The fourth-order valence-electron chi connectivity index (χ4n) is 2.02. The number of nitrogens with one attached hydrogen (secondary N) is 1. The molecular formula is C11H17NOS. The van der Waals surface area contributed by atoms with Crippen molar-refractivity contribution >= 4 is 11.3 Å². The van der Waals surface area contributed by atoms with Crippen LogP contribution in [0.15, 0.2) is 12.1 Å². The maximum absolute atomic E-state index is 5.66.